The number of likely N-dealkylation sites (tertiary alicyclic amines) is 1. The Balaban J connectivity index is 1.37. The predicted octanol–water partition coefficient (Wildman–Crippen LogP) is 4.62. The van der Waals surface area contributed by atoms with Gasteiger partial charge in [-0.2, -0.15) is 0 Å². The molecule has 0 spiro atoms. The third-order valence-electron chi connectivity index (χ3n) is 7.10. The van der Waals surface area contributed by atoms with Crippen LogP contribution in [0.5, 0.6) is 0 Å². The molecule has 1 saturated heterocycles. The van der Waals surface area contributed by atoms with E-state index in [2.05, 4.69) is 51.9 Å². The molecule has 6 nitrogen and oxygen atoms in total. The molecule has 33 heavy (non-hydrogen) atoms. The number of carbonyl (C=O) groups excluding carboxylic acids is 1. The van der Waals surface area contributed by atoms with Crippen LogP contribution in [0.3, 0.4) is 0 Å². The zero-order chi connectivity index (χ0) is 23.4. The molecule has 0 saturated carbocycles. The van der Waals surface area contributed by atoms with Gasteiger partial charge in [-0.1, -0.05) is 37.1 Å². The van der Waals surface area contributed by atoms with E-state index in [1.807, 2.05) is 24.7 Å². The summed E-state index contributed by atoms with van der Waals surface area (Å²) in [6.07, 6.45) is 11.0. The molecular formula is C26H38ClN5O. The number of carbonyl (C=O) groups is 1. The number of benzene rings is 1. The number of hydrogen-bond donors (Lipinski definition) is 2. The first-order chi connectivity index (χ1) is 15.9. The number of halogens is 1. The highest BCUT2D eigenvalue weighted by Gasteiger charge is 2.28. The second-order valence-electron chi connectivity index (χ2n) is 10.3. The average molecular weight is 472 g/mol. The van der Waals surface area contributed by atoms with Gasteiger partial charge in [-0.15, -0.1) is 0 Å². The van der Waals surface area contributed by atoms with Gasteiger partial charge in [-0.3, -0.25) is 4.79 Å². The van der Waals surface area contributed by atoms with E-state index >= 15 is 0 Å². The van der Waals surface area contributed by atoms with Crippen molar-refractivity contribution in [3.63, 3.8) is 0 Å². The third-order valence-corrected chi connectivity index (χ3v) is 7.46. The van der Waals surface area contributed by atoms with Gasteiger partial charge in [0.25, 0.3) is 0 Å². The van der Waals surface area contributed by atoms with Crippen molar-refractivity contribution >= 4 is 23.3 Å². The number of aryl methyl sites for hydroxylation is 1. The lowest BCUT2D eigenvalue weighted by Gasteiger charge is -2.31. The van der Waals surface area contributed by atoms with Gasteiger partial charge >= 0.3 is 0 Å². The van der Waals surface area contributed by atoms with Gasteiger partial charge in [0.2, 0.25) is 5.91 Å². The maximum atomic E-state index is 13.2. The summed E-state index contributed by atoms with van der Waals surface area (Å²) in [5.41, 5.74) is 2.48. The number of hydrogen-bond acceptors (Lipinski definition) is 4. The number of aromatic nitrogens is 2. The van der Waals surface area contributed by atoms with Gasteiger partial charge in [0.15, 0.2) is 5.82 Å². The van der Waals surface area contributed by atoms with Gasteiger partial charge in [-0.25, -0.2) is 4.98 Å². The summed E-state index contributed by atoms with van der Waals surface area (Å²) in [6.45, 7) is 9.90. The van der Waals surface area contributed by atoms with Crippen LogP contribution in [0.25, 0.3) is 0 Å². The van der Waals surface area contributed by atoms with Crippen LogP contribution in [0, 0.1) is 0 Å². The first kappa shape index (κ1) is 24.2. The van der Waals surface area contributed by atoms with Crippen LogP contribution in [-0.4, -0.2) is 52.1 Å². The van der Waals surface area contributed by atoms with Crippen LogP contribution >= 0.6 is 11.6 Å². The lowest BCUT2D eigenvalue weighted by Crippen LogP contribution is -2.47. The fourth-order valence-corrected chi connectivity index (χ4v) is 5.52. The van der Waals surface area contributed by atoms with Crippen LogP contribution in [0.2, 0.25) is 5.02 Å². The van der Waals surface area contributed by atoms with Gasteiger partial charge in [0.1, 0.15) is 0 Å². The van der Waals surface area contributed by atoms with Crippen LogP contribution in [0.15, 0.2) is 30.7 Å². The van der Waals surface area contributed by atoms with E-state index in [4.69, 9.17) is 11.6 Å². The summed E-state index contributed by atoms with van der Waals surface area (Å²) in [7, 11) is 0. The number of nitrogens with one attached hydrogen (secondary N) is 2. The lowest BCUT2D eigenvalue weighted by atomic mass is 9.87. The molecule has 1 aliphatic heterocycles. The molecule has 2 aromatic rings. The Bertz CT molecular complexity index is 950. The minimum Gasteiger partial charge on any atom is -0.328 e. The Labute approximate surface area is 203 Å². The van der Waals surface area contributed by atoms with Crippen molar-refractivity contribution in [2.24, 2.45) is 0 Å². The molecule has 2 N–H and O–H groups in total. The smallest absolute Gasteiger partial charge is 0.242 e. The fourth-order valence-electron chi connectivity index (χ4n) is 5.25. The van der Waals surface area contributed by atoms with Gasteiger partial charge in [0, 0.05) is 23.8 Å². The Morgan fingerprint density at radius 3 is 2.85 bits per heavy atom. The topological polar surface area (TPSA) is 62.2 Å². The minimum absolute atomic E-state index is 0.00981. The first-order valence-corrected chi connectivity index (χ1v) is 12.8. The molecular weight excluding hydrogens is 434 g/mol. The second-order valence-corrected chi connectivity index (χ2v) is 10.7. The number of imidazole rings is 1. The van der Waals surface area contributed by atoms with Gasteiger partial charge < -0.3 is 20.1 Å². The molecule has 2 atom stereocenters. The number of nitrogens with zero attached hydrogens (tertiary/aromatic N) is 3. The summed E-state index contributed by atoms with van der Waals surface area (Å²) in [5.74, 6) is 0.610. The van der Waals surface area contributed by atoms with E-state index < -0.39 is 0 Å². The SMILES string of the molecule is CCC[C@H](N[C@@H]1CCc2cccc(Cl)c2C1)C(=O)Nc1cn(C(C)(C)CN2CCCC2)cn1. The molecule has 0 bridgehead atoms. The standard InChI is InChI=1S/C26H38ClN5O/c1-4-8-23(29-20-12-11-19-9-7-10-22(27)21(19)15-20)25(33)30-24-16-32(18-28-24)26(2,3)17-31-13-5-6-14-31/h7,9-10,16,18,20,23,29H,4-6,8,11-15,17H2,1-3H3,(H,30,33)/t20-,23+/m1/s1. The molecule has 1 aliphatic carbocycles. The monoisotopic (exact) mass is 471 g/mol. The Morgan fingerprint density at radius 2 is 2.09 bits per heavy atom. The molecule has 1 aromatic heterocycles. The van der Waals surface area contributed by atoms with E-state index in [-0.39, 0.29) is 23.5 Å². The highest BCUT2D eigenvalue weighted by Crippen LogP contribution is 2.28. The van der Waals surface area contributed by atoms with Crippen molar-refractivity contribution in [1.29, 1.82) is 0 Å². The average Bonchev–Trinajstić information content (AvgIpc) is 3.46. The van der Waals surface area contributed by atoms with Crippen molar-refractivity contribution in [3.8, 4) is 0 Å². The number of anilines is 1. The molecule has 0 unspecified atom stereocenters. The van der Waals surface area contributed by atoms with E-state index in [0.717, 1.165) is 43.7 Å². The Morgan fingerprint density at radius 1 is 1.30 bits per heavy atom. The highest BCUT2D eigenvalue weighted by atomic mass is 35.5. The molecule has 2 aliphatic rings. The van der Waals surface area contributed by atoms with Crippen molar-refractivity contribution in [2.45, 2.75) is 83.3 Å². The fraction of sp³-hybridized carbons (Fsp3) is 0.615. The Kier molecular flexibility index (Phi) is 7.77. The van der Waals surface area contributed by atoms with Gasteiger partial charge in [-0.05, 0) is 82.7 Å². The molecule has 1 amide bonds. The third kappa shape index (κ3) is 5.97. The zero-order valence-corrected chi connectivity index (χ0v) is 21.0. The molecule has 7 heteroatoms. The summed E-state index contributed by atoms with van der Waals surface area (Å²) in [6, 6.07) is 6.15. The largest absolute Gasteiger partial charge is 0.328 e. The quantitative estimate of drug-likeness (QED) is 0.560. The van der Waals surface area contributed by atoms with Crippen LogP contribution in [0.1, 0.15) is 64.0 Å². The number of rotatable bonds is 9. The van der Waals surface area contributed by atoms with E-state index in [1.54, 1.807) is 0 Å². The zero-order valence-electron chi connectivity index (χ0n) is 20.2. The molecule has 4 rings (SSSR count). The van der Waals surface area contributed by atoms with E-state index in [0.29, 0.717) is 5.82 Å². The highest BCUT2D eigenvalue weighted by molar-refractivity contribution is 6.31. The molecule has 2 heterocycles. The van der Waals surface area contributed by atoms with Crippen molar-refractivity contribution < 1.29 is 4.79 Å². The second kappa shape index (κ2) is 10.6. The van der Waals surface area contributed by atoms with E-state index in [9.17, 15) is 4.79 Å². The first-order valence-electron chi connectivity index (χ1n) is 12.5. The van der Waals surface area contributed by atoms with E-state index in [1.165, 1.54) is 37.1 Å². The normalized spacial score (nSPS) is 19.9. The Hall–Kier alpha value is -1.89. The van der Waals surface area contributed by atoms with Gasteiger partial charge in [0.05, 0.1) is 17.9 Å². The maximum Gasteiger partial charge on any atom is 0.242 e. The number of amides is 1. The maximum absolute atomic E-state index is 13.2. The van der Waals surface area contributed by atoms with Crippen molar-refractivity contribution in [1.82, 2.24) is 19.8 Å². The van der Waals surface area contributed by atoms with Crippen molar-refractivity contribution in [3.05, 3.63) is 46.9 Å². The lowest BCUT2D eigenvalue weighted by molar-refractivity contribution is -0.118. The molecule has 180 valence electrons. The van der Waals surface area contributed by atoms with Crippen LogP contribution in [-0.2, 0) is 23.2 Å². The minimum atomic E-state index is -0.244. The molecule has 1 aromatic carbocycles. The summed E-state index contributed by atoms with van der Waals surface area (Å²) in [4.78, 5) is 20.2. The number of fused-ring (bicyclic) bond motifs is 1. The summed E-state index contributed by atoms with van der Waals surface area (Å²) in [5, 5.41) is 7.51. The molecule has 1 fully saturated rings. The van der Waals surface area contributed by atoms with Crippen molar-refractivity contribution in [2.75, 3.05) is 25.0 Å². The van der Waals surface area contributed by atoms with Crippen LogP contribution in [0.4, 0.5) is 5.82 Å². The van der Waals surface area contributed by atoms with Crippen LogP contribution < -0.4 is 10.6 Å². The molecule has 0 radical (unpaired) electrons. The summed E-state index contributed by atoms with van der Waals surface area (Å²) >= 11 is 6.45. The summed E-state index contributed by atoms with van der Waals surface area (Å²) < 4.78 is 2.13. The predicted molar refractivity (Wildman–Crippen MR) is 135 cm³/mol.